The van der Waals surface area contributed by atoms with Crippen LogP contribution in [0.2, 0.25) is 0 Å². The highest BCUT2D eigenvalue weighted by atomic mass is 16.2. The Morgan fingerprint density at radius 2 is 1.81 bits per heavy atom. The number of hydrogen-bond donors (Lipinski definition) is 1. The highest BCUT2D eigenvalue weighted by Gasteiger charge is 2.28. The van der Waals surface area contributed by atoms with Crippen molar-refractivity contribution in [1.82, 2.24) is 15.1 Å². The topological polar surface area (TPSA) is 52.7 Å². The first-order chi connectivity index (χ1) is 12.3. The Morgan fingerprint density at radius 1 is 1.15 bits per heavy atom. The van der Waals surface area contributed by atoms with E-state index in [1.165, 1.54) is 6.92 Å². The first-order valence-electron chi connectivity index (χ1n) is 9.39. The molecule has 1 aliphatic rings. The van der Waals surface area contributed by atoms with Gasteiger partial charge in [-0.15, -0.1) is 0 Å². The molecule has 26 heavy (non-hydrogen) atoms. The van der Waals surface area contributed by atoms with Crippen molar-refractivity contribution in [2.75, 3.05) is 13.1 Å². The summed E-state index contributed by atoms with van der Waals surface area (Å²) in [5.41, 5.74) is 2.08. The number of hydrogen-bond acceptors (Lipinski definition) is 3. The molecular formula is C21H31N3O2. The van der Waals surface area contributed by atoms with Crippen LogP contribution in [0, 0.1) is 0 Å². The summed E-state index contributed by atoms with van der Waals surface area (Å²) in [5, 5.41) is 3.02. The highest BCUT2D eigenvalue weighted by molar-refractivity contribution is 5.81. The molecule has 0 aromatic heterocycles. The molecule has 2 rings (SSSR count). The van der Waals surface area contributed by atoms with Gasteiger partial charge in [-0.2, -0.15) is 0 Å². The molecule has 1 aromatic carbocycles. The van der Waals surface area contributed by atoms with E-state index in [9.17, 15) is 9.59 Å². The molecule has 0 fully saturated rings. The molecule has 0 aliphatic carbocycles. The van der Waals surface area contributed by atoms with Gasteiger partial charge in [0.25, 0.3) is 0 Å². The summed E-state index contributed by atoms with van der Waals surface area (Å²) in [6.45, 7) is 11.6. The van der Waals surface area contributed by atoms with Gasteiger partial charge in [0.2, 0.25) is 11.8 Å². The molecule has 0 saturated carbocycles. The van der Waals surface area contributed by atoms with Crippen molar-refractivity contribution in [3.8, 4) is 0 Å². The van der Waals surface area contributed by atoms with Crippen LogP contribution in [0.25, 0.3) is 6.08 Å². The number of fused-ring (bicyclic) bond motifs is 1. The van der Waals surface area contributed by atoms with E-state index in [0.29, 0.717) is 18.6 Å². The SMILES string of the molecule is CC(=O)N1C=Cc2ccccc2C1CC(=O)NCCN(C(C)C)C(C)C. The van der Waals surface area contributed by atoms with E-state index in [1.54, 1.807) is 11.1 Å². The van der Waals surface area contributed by atoms with Crippen molar-refractivity contribution in [2.45, 2.75) is 59.2 Å². The third-order valence-corrected chi connectivity index (χ3v) is 4.87. The van der Waals surface area contributed by atoms with Crippen LogP contribution in [0.3, 0.4) is 0 Å². The van der Waals surface area contributed by atoms with E-state index in [2.05, 4.69) is 37.9 Å². The Labute approximate surface area is 157 Å². The van der Waals surface area contributed by atoms with Crippen LogP contribution in [0.5, 0.6) is 0 Å². The summed E-state index contributed by atoms with van der Waals surface area (Å²) in [6.07, 6.45) is 3.97. The Hall–Kier alpha value is -2.14. The number of benzene rings is 1. The largest absolute Gasteiger partial charge is 0.355 e. The van der Waals surface area contributed by atoms with Gasteiger partial charge in [0.05, 0.1) is 12.5 Å². The molecule has 1 aromatic rings. The molecule has 0 spiro atoms. The number of rotatable bonds is 7. The van der Waals surface area contributed by atoms with Crippen molar-refractivity contribution in [3.05, 3.63) is 41.6 Å². The van der Waals surface area contributed by atoms with Gasteiger partial charge in [0.15, 0.2) is 0 Å². The quantitative estimate of drug-likeness (QED) is 0.815. The average Bonchev–Trinajstić information content (AvgIpc) is 2.58. The van der Waals surface area contributed by atoms with E-state index in [-0.39, 0.29) is 24.3 Å². The fraction of sp³-hybridized carbons (Fsp3) is 0.524. The van der Waals surface area contributed by atoms with E-state index >= 15 is 0 Å². The zero-order chi connectivity index (χ0) is 19.3. The Kier molecular flexibility index (Phi) is 6.98. The second-order valence-corrected chi connectivity index (χ2v) is 7.37. The van der Waals surface area contributed by atoms with Gasteiger partial charge in [-0.05, 0) is 44.9 Å². The van der Waals surface area contributed by atoms with Crippen LogP contribution < -0.4 is 5.32 Å². The number of carbonyl (C=O) groups excluding carboxylic acids is 2. The van der Waals surface area contributed by atoms with Crippen LogP contribution in [-0.2, 0) is 9.59 Å². The molecule has 0 saturated heterocycles. The Balaban J connectivity index is 2.00. The third kappa shape index (κ3) is 4.94. The number of nitrogens with one attached hydrogen (secondary N) is 1. The molecule has 1 atom stereocenters. The van der Waals surface area contributed by atoms with E-state index in [4.69, 9.17) is 0 Å². The Bertz CT molecular complexity index is 659. The smallest absolute Gasteiger partial charge is 0.223 e. The van der Waals surface area contributed by atoms with Gasteiger partial charge in [-0.25, -0.2) is 0 Å². The molecular weight excluding hydrogens is 326 g/mol. The predicted octanol–water partition coefficient (Wildman–Crippen LogP) is 3.19. The lowest BCUT2D eigenvalue weighted by molar-refractivity contribution is -0.130. The summed E-state index contributed by atoms with van der Waals surface area (Å²) >= 11 is 0. The predicted molar refractivity (Wildman–Crippen MR) is 105 cm³/mol. The monoisotopic (exact) mass is 357 g/mol. The number of carbonyl (C=O) groups is 2. The van der Waals surface area contributed by atoms with Crippen molar-refractivity contribution in [1.29, 1.82) is 0 Å². The summed E-state index contributed by atoms with van der Waals surface area (Å²) in [5.74, 6) is -0.0850. The molecule has 0 bridgehead atoms. The minimum Gasteiger partial charge on any atom is -0.355 e. The average molecular weight is 357 g/mol. The molecule has 1 aliphatic heterocycles. The molecule has 5 nitrogen and oxygen atoms in total. The van der Waals surface area contributed by atoms with E-state index in [1.807, 2.05) is 30.3 Å². The lowest BCUT2D eigenvalue weighted by Gasteiger charge is -2.33. The van der Waals surface area contributed by atoms with E-state index < -0.39 is 0 Å². The lowest BCUT2D eigenvalue weighted by atomic mass is 9.93. The Morgan fingerprint density at radius 3 is 2.42 bits per heavy atom. The van der Waals surface area contributed by atoms with Crippen LogP contribution in [0.15, 0.2) is 30.5 Å². The second-order valence-electron chi connectivity index (χ2n) is 7.37. The first kappa shape index (κ1) is 20.2. The van der Waals surface area contributed by atoms with Crippen LogP contribution in [0.1, 0.15) is 58.2 Å². The first-order valence-corrected chi connectivity index (χ1v) is 9.39. The van der Waals surface area contributed by atoms with Crippen LogP contribution in [-0.4, -0.2) is 46.8 Å². The molecule has 1 unspecified atom stereocenters. The summed E-state index contributed by atoms with van der Waals surface area (Å²) in [4.78, 5) is 28.5. The van der Waals surface area contributed by atoms with Gasteiger partial charge in [-0.1, -0.05) is 24.3 Å². The van der Waals surface area contributed by atoms with Gasteiger partial charge < -0.3 is 10.2 Å². The van der Waals surface area contributed by atoms with Crippen molar-refractivity contribution < 1.29 is 9.59 Å². The summed E-state index contributed by atoms with van der Waals surface area (Å²) in [6, 6.07) is 8.55. The lowest BCUT2D eigenvalue weighted by Crippen LogP contribution is -2.43. The molecule has 5 heteroatoms. The molecule has 1 heterocycles. The molecule has 0 radical (unpaired) electrons. The second kappa shape index (κ2) is 8.99. The zero-order valence-electron chi connectivity index (χ0n) is 16.5. The van der Waals surface area contributed by atoms with Crippen LogP contribution in [0.4, 0.5) is 0 Å². The highest BCUT2D eigenvalue weighted by Crippen LogP contribution is 2.32. The number of amides is 2. The van der Waals surface area contributed by atoms with Gasteiger partial charge >= 0.3 is 0 Å². The fourth-order valence-corrected chi connectivity index (χ4v) is 3.60. The minimum absolute atomic E-state index is 0.0289. The molecule has 142 valence electrons. The minimum atomic E-state index is -0.250. The van der Waals surface area contributed by atoms with Crippen molar-refractivity contribution in [2.24, 2.45) is 0 Å². The maximum Gasteiger partial charge on any atom is 0.223 e. The zero-order valence-corrected chi connectivity index (χ0v) is 16.5. The normalized spacial score (nSPS) is 16.3. The molecule has 2 amide bonds. The van der Waals surface area contributed by atoms with Gasteiger partial charge in [0.1, 0.15) is 0 Å². The van der Waals surface area contributed by atoms with Crippen molar-refractivity contribution in [3.63, 3.8) is 0 Å². The van der Waals surface area contributed by atoms with Crippen molar-refractivity contribution >= 4 is 17.9 Å². The van der Waals surface area contributed by atoms with E-state index in [0.717, 1.165) is 17.7 Å². The number of nitrogens with zero attached hydrogens (tertiary/aromatic N) is 2. The maximum absolute atomic E-state index is 12.5. The standard InChI is InChI=1S/C21H31N3O2/c1-15(2)23(16(3)4)13-11-22-21(26)14-20-19-9-7-6-8-18(19)10-12-24(20)17(5)25/h6-10,12,15-16,20H,11,13-14H2,1-5H3,(H,22,26). The fourth-order valence-electron chi connectivity index (χ4n) is 3.60. The van der Waals surface area contributed by atoms with Crippen LogP contribution >= 0.6 is 0 Å². The molecule has 1 N–H and O–H groups in total. The summed E-state index contributed by atoms with van der Waals surface area (Å²) in [7, 11) is 0. The van der Waals surface area contributed by atoms with Gasteiger partial charge in [0, 0.05) is 38.3 Å². The maximum atomic E-state index is 12.5. The van der Waals surface area contributed by atoms with Gasteiger partial charge in [-0.3, -0.25) is 14.5 Å². The summed E-state index contributed by atoms with van der Waals surface area (Å²) < 4.78 is 0. The third-order valence-electron chi connectivity index (χ3n) is 4.87.